The van der Waals surface area contributed by atoms with Crippen LogP contribution in [0.3, 0.4) is 0 Å². The first-order valence-corrected chi connectivity index (χ1v) is 3.32. The summed E-state index contributed by atoms with van der Waals surface area (Å²) in [5.41, 5.74) is 0. The molecule has 1 rings (SSSR count). The van der Waals surface area contributed by atoms with Gasteiger partial charge in [0.2, 0.25) is 0 Å². The van der Waals surface area contributed by atoms with Crippen LogP contribution in [0.2, 0.25) is 0 Å². The molecule has 1 aliphatic rings. The van der Waals surface area contributed by atoms with E-state index < -0.39 is 0 Å². The minimum Gasteiger partial charge on any atom is -0.373 e. The van der Waals surface area contributed by atoms with Crippen molar-refractivity contribution in [3.63, 3.8) is 0 Å². The van der Waals surface area contributed by atoms with Gasteiger partial charge in [-0.1, -0.05) is 13.8 Å². The predicted octanol–water partition coefficient (Wildman–Crippen LogP) is 0.858. The van der Waals surface area contributed by atoms with E-state index in [0.29, 0.717) is 19.1 Å². The molecule has 0 amide bonds. The Morgan fingerprint density at radius 3 is 2.56 bits per heavy atom. The number of hydrogen-bond donors (Lipinski definition) is 0. The van der Waals surface area contributed by atoms with Gasteiger partial charge in [-0.05, 0) is 5.92 Å². The van der Waals surface area contributed by atoms with Crippen molar-refractivity contribution in [3.05, 3.63) is 0 Å². The highest BCUT2D eigenvalue weighted by Gasteiger charge is 2.27. The van der Waals surface area contributed by atoms with Gasteiger partial charge in [-0.2, -0.15) is 0 Å². The normalized spacial score (nSPS) is 27.9. The molecule has 0 aromatic rings. The smallest absolute Gasteiger partial charge is 0.164 e. The molecular formula is C7H12O2. The maximum atomic E-state index is 10.9. The summed E-state index contributed by atoms with van der Waals surface area (Å²) in [6.07, 6.45) is 0. The van der Waals surface area contributed by atoms with Gasteiger partial charge in [-0.25, -0.2) is 0 Å². The molecule has 0 radical (unpaired) electrons. The molecule has 0 aromatic carbocycles. The number of carbonyl (C=O) groups excluding carboxylic acids is 1. The number of ketones is 1. The Morgan fingerprint density at radius 2 is 2.33 bits per heavy atom. The van der Waals surface area contributed by atoms with Gasteiger partial charge >= 0.3 is 0 Å². The minimum atomic E-state index is 0.171. The molecule has 0 saturated carbocycles. The number of ether oxygens (including phenoxy) is 1. The number of carbonyl (C=O) groups is 1. The van der Waals surface area contributed by atoms with Gasteiger partial charge in [-0.3, -0.25) is 4.79 Å². The summed E-state index contributed by atoms with van der Waals surface area (Å²) in [7, 11) is 0. The molecule has 1 aliphatic heterocycles. The second-order valence-corrected chi connectivity index (χ2v) is 2.83. The molecule has 1 saturated heterocycles. The van der Waals surface area contributed by atoms with Crippen molar-refractivity contribution in [2.45, 2.75) is 13.8 Å². The third-order valence-corrected chi connectivity index (χ3v) is 1.76. The van der Waals surface area contributed by atoms with E-state index in [9.17, 15) is 4.79 Å². The van der Waals surface area contributed by atoms with Crippen LogP contribution in [0.25, 0.3) is 0 Å². The fourth-order valence-electron chi connectivity index (χ4n) is 1.05. The molecule has 1 heterocycles. The van der Waals surface area contributed by atoms with E-state index in [1.807, 2.05) is 0 Å². The van der Waals surface area contributed by atoms with Crippen molar-refractivity contribution in [2.24, 2.45) is 11.8 Å². The quantitative estimate of drug-likeness (QED) is 0.523. The van der Waals surface area contributed by atoms with Crippen LogP contribution < -0.4 is 0 Å². The highest BCUT2D eigenvalue weighted by molar-refractivity contribution is 5.84. The molecule has 0 unspecified atom stereocenters. The lowest BCUT2D eigenvalue weighted by Gasteiger charge is -2.08. The average molecular weight is 128 g/mol. The maximum absolute atomic E-state index is 10.9. The summed E-state index contributed by atoms with van der Waals surface area (Å²) >= 11 is 0. The number of rotatable bonds is 1. The molecule has 0 aliphatic carbocycles. The van der Waals surface area contributed by atoms with Crippen molar-refractivity contribution in [2.75, 3.05) is 13.2 Å². The Hall–Kier alpha value is -0.370. The van der Waals surface area contributed by atoms with E-state index in [0.717, 1.165) is 0 Å². The van der Waals surface area contributed by atoms with E-state index >= 15 is 0 Å². The molecule has 2 heteroatoms. The SMILES string of the molecule is CC(C)[C@H]1COCC1=O. The monoisotopic (exact) mass is 128 g/mol. The van der Waals surface area contributed by atoms with Crippen LogP contribution in [0, 0.1) is 11.8 Å². The lowest BCUT2D eigenvalue weighted by atomic mass is 9.95. The Kier molecular flexibility index (Phi) is 1.86. The van der Waals surface area contributed by atoms with Gasteiger partial charge in [0.05, 0.1) is 6.61 Å². The van der Waals surface area contributed by atoms with Crippen molar-refractivity contribution in [3.8, 4) is 0 Å². The molecule has 1 atom stereocenters. The first-order valence-electron chi connectivity index (χ1n) is 3.32. The summed E-state index contributed by atoms with van der Waals surface area (Å²) < 4.78 is 4.98. The lowest BCUT2D eigenvalue weighted by Crippen LogP contribution is -2.17. The maximum Gasteiger partial charge on any atom is 0.164 e. The van der Waals surface area contributed by atoms with Gasteiger partial charge in [0.15, 0.2) is 5.78 Å². The number of Topliss-reactive ketones (excluding diaryl/α,β-unsaturated/α-hetero) is 1. The Labute approximate surface area is 55.2 Å². The summed E-state index contributed by atoms with van der Waals surface area (Å²) in [5, 5.41) is 0. The minimum absolute atomic E-state index is 0.171. The van der Waals surface area contributed by atoms with Gasteiger partial charge in [-0.15, -0.1) is 0 Å². The summed E-state index contributed by atoms with van der Waals surface area (Å²) in [5.74, 6) is 0.884. The first-order chi connectivity index (χ1) is 4.22. The molecule has 0 bridgehead atoms. The van der Waals surface area contributed by atoms with Crippen LogP contribution in [-0.4, -0.2) is 19.0 Å². The number of hydrogen-bond acceptors (Lipinski definition) is 2. The van der Waals surface area contributed by atoms with Crippen LogP contribution >= 0.6 is 0 Å². The molecule has 2 nitrogen and oxygen atoms in total. The first kappa shape index (κ1) is 6.75. The lowest BCUT2D eigenvalue weighted by molar-refractivity contribution is -0.121. The van der Waals surface area contributed by atoms with Crippen molar-refractivity contribution >= 4 is 5.78 Å². The van der Waals surface area contributed by atoms with Crippen LogP contribution in [-0.2, 0) is 9.53 Å². The Balaban J connectivity index is 2.49. The van der Waals surface area contributed by atoms with Crippen molar-refractivity contribution < 1.29 is 9.53 Å². The molecule has 0 aromatic heterocycles. The standard InChI is InChI=1S/C7H12O2/c1-5(2)6-3-9-4-7(6)8/h5-6H,3-4H2,1-2H3/t6-/m1/s1. The average Bonchev–Trinajstić information content (AvgIpc) is 2.13. The molecule has 52 valence electrons. The summed E-state index contributed by atoms with van der Waals surface area (Å²) in [6.45, 7) is 5.08. The van der Waals surface area contributed by atoms with E-state index in [2.05, 4.69) is 13.8 Å². The van der Waals surface area contributed by atoms with E-state index in [4.69, 9.17) is 4.74 Å². The molecular weight excluding hydrogens is 116 g/mol. The molecule has 9 heavy (non-hydrogen) atoms. The Bertz CT molecular complexity index is 118. The zero-order valence-electron chi connectivity index (χ0n) is 5.89. The second kappa shape index (κ2) is 2.48. The third kappa shape index (κ3) is 1.30. The molecule has 0 spiro atoms. The van der Waals surface area contributed by atoms with E-state index in [1.165, 1.54) is 0 Å². The van der Waals surface area contributed by atoms with Crippen LogP contribution in [0.4, 0.5) is 0 Å². The van der Waals surface area contributed by atoms with Gasteiger partial charge in [0, 0.05) is 5.92 Å². The second-order valence-electron chi connectivity index (χ2n) is 2.83. The molecule has 0 N–H and O–H groups in total. The van der Waals surface area contributed by atoms with Gasteiger partial charge in [0.25, 0.3) is 0 Å². The van der Waals surface area contributed by atoms with Crippen LogP contribution in [0.5, 0.6) is 0 Å². The van der Waals surface area contributed by atoms with Crippen LogP contribution in [0.1, 0.15) is 13.8 Å². The highest BCUT2D eigenvalue weighted by Crippen LogP contribution is 2.17. The topological polar surface area (TPSA) is 26.3 Å². The van der Waals surface area contributed by atoms with E-state index in [-0.39, 0.29) is 11.7 Å². The van der Waals surface area contributed by atoms with E-state index in [1.54, 1.807) is 0 Å². The highest BCUT2D eigenvalue weighted by atomic mass is 16.5. The zero-order valence-corrected chi connectivity index (χ0v) is 5.89. The fraction of sp³-hybridized carbons (Fsp3) is 0.857. The largest absolute Gasteiger partial charge is 0.373 e. The van der Waals surface area contributed by atoms with Crippen molar-refractivity contribution in [1.82, 2.24) is 0 Å². The molecule has 1 fully saturated rings. The van der Waals surface area contributed by atoms with Gasteiger partial charge < -0.3 is 4.74 Å². The summed E-state index contributed by atoms with van der Waals surface area (Å²) in [6, 6.07) is 0. The van der Waals surface area contributed by atoms with Crippen molar-refractivity contribution in [1.29, 1.82) is 0 Å². The Morgan fingerprint density at radius 1 is 1.67 bits per heavy atom. The fourth-order valence-corrected chi connectivity index (χ4v) is 1.05. The predicted molar refractivity (Wildman–Crippen MR) is 34.2 cm³/mol. The third-order valence-electron chi connectivity index (χ3n) is 1.76. The zero-order chi connectivity index (χ0) is 6.85. The summed E-state index contributed by atoms with van der Waals surface area (Å²) in [4.78, 5) is 10.9. The van der Waals surface area contributed by atoms with Crippen LogP contribution in [0.15, 0.2) is 0 Å². The van der Waals surface area contributed by atoms with Gasteiger partial charge in [0.1, 0.15) is 6.61 Å².